The minimum Gasteiger partial charge on any atom is -0.484 e. The number of hydrogen-bond donors (Lipinski definition) is 2. The molecule has 0 radical (unpaired) electrons. The van der Waals surface area contributed by atoms with Gasteiger partial charge in [-0.25, -0.2) is 12.7 Å². The van der Waals surface area contributed by atoms with Gasteiger partial charge in [-0.2, -0.15) is 0 Å². The van der Waals surface area contributed by atoms with Gasteiger partial charge in [0.2, 0.25) is 10.0 Å². The van der Waals surface area contributed by atoms with Gasteiger partial charge < -0.3 is 14.4 Å². The molecule has 2 aromatic carbocycles. The maximum atomic E-state index is 13.0. The van der Waals surface area contributed by atoms with Crippen molar-refractivity contribution in [2.24, 2.45) is 0 Å². The third kappa shape index (κ3) is 6.04. The van der Waals surface area contributed by atoms with Gasteiger partial charge in [0.25, 0.3) is 11.8 Å². The zero-order chi connectivity index (χ0) is 24.9. The van der Waals surface area contributed by atoms with Crippen molar-refractivity contribution in [2.45, 2.75) is 18.7 Å². The van der Waals surface area contributed by atoms with Crippen molar-refractivity contribution in [2.75, 3.05) is 51.9 Å². The highest BCUT2D eigenvalue weighted by Crippen LogP contribution is 2.26. The third-order valence-corrected chi connectivity index (χ3v) is 7.32. The molecule has 0 unspecified atom stereocenters. The van der Waals surface area contributed by atoms with Crippen LogP contribution in [0.25, 0.3) is 0 Å². The standard InChI is InChI=1S/C23H30N4O6S/c1-16-5-6-18(13-17(16)2)33-15-22(28)24-25-23(29)20-14-19(34(30,31)26(3)4)7-8-21(20)27-9-11-32-12-10-27/h5-8,13-14H,9-12,15H2,1-4H3,(H,24,28)(H,25,29). The van der Waals surface area contributed by atoms with Gasteiger partial charge in [0.05, 0.1) is 23.7 Å². The fourth-order valence-corrected chi connectivity index (χ4v) is 4.26. The van der Waals surface area contributed by atoms with Crippen LogP contribution < -0.4 is 20.5 Å². The van der Waals surface area contributed by atoms with Crippen LogP contribution in [0.15, 0.2) is 41.3 Å². The molecule has 2 aromatic rings. The number of ether oxygens (including phenoxy) is 2. The molecular weight excluding hydrogens is 460 g/mol. The maximum absolute atomic E-state index is 13.0. The topological polar surface area (TPSA) is 117 Å². The van der Waals surface area contributed by atoms with Gasteiger partial charge >= 0.3 is 0 Å². The number of sulfonamides is 1. The summed E-state index contributed by atoms with van der Waals surface area (Å²) in [6.07, 6.45) is 0. The smallest absolute Gasteiger partial charge is 0.276 e. The highest BCUT2D eigenvalue weighted by molar-refractivity contribution is 7.89. The van der Waals surface area contributed by atoms with Crippen molar-refractivity contribution in [1.29, 1.82) is 0 Å². The molecule has 184 valence electrons. The molecule has 0 aliphatic carbocycles. The number of carbonyl (C=O) groups excluding carboxylic acids is 2. The summed E-state index contributed by atoms with van der Waals surface area (Å²) in [5.74, 6) is -0.658. The Morgan fingerprint density at radius 2 is 1.74 bits per heavy atom. The van der Waals surface area contributed by atoms with Crippen LogP contribution in [0, 0.1) is 13.8 Å². The molecule has 1 aliphatic rings. The number of nitrogens with zero attached hydrogens (tertiary/aromatic N) is 2. The van der Waals surface area contributed by atoms with Gasteiger partial charge in [-0.05, 0) is 55.3 Å². The number of amides is 2. The summed E-state index contributed by atoms with van der Waals surface area (Å²) < 4.78 is 37.1. The number of benzene rings is 2. The summed E-state index contributed by atoms with van der Waals surface area (Å²) in [5.41, 5.74) is 7.51. The van der Waals surface area contributed by atoms with Gasteiger partial charge in [-0.1, -0.05) is 6.07 Å². The molecule has 34 heavy (non-hydrogen) atoms. The second-order valence-electron chi connectivity index (χ2n) is 8.10. The lowest BCUT2D eigenvalue weighted by atomic mass is 10.1. The Morgan fingerprint density at radius 1 is 1.03 bits per heavy atom. The van der Waals surface area contributed by atoms with E-state index in [9.17, 15) is 18.0 Å². The fourth-order valence-electron chi connectivity index (χ4n) is 3.33. The number of hydrogen-bond acceptors (Lipinski definition) is 7. The molecule has 2 amide bonds. The largest absolute Gasteiger partial charge is 0.484 e. The van der Waals surface area contributed by atoms with Crippen LogP contribution in [-0.2, 0) is 19.6 Å². The van der Waals surface area contributed by atoms with E-state index in [-0.39, 0.29) is 17.1 Å². The Bertz CT molecular complexity index is 1160. The van der Waals surface area contributed by atoms with E-state index in [0.29, 0.717) is 37.7 Å². The van der Waals surface area contributed by atoms with E-state index in [1.54, 1.807) is 12.1 Å². The van der Waals surface area contributed by atoms with Crippen LogP contribution >= 0.6 is 0 Å². The second kappa shape index (κ2) is 10.9. The highest BCUT2D eigenvalue weighted by Gasteiger charge is 2.24. The molecule has 11 heteroatoms. The first-order valence-electron chi connectivity index (χ1n) is 10.8. The number of rotatable bonds is 7. The summed E-state index contributed by atoms with van der Waals surface area (Å²) in [6.45, 7) is 5.71. The monoisotopic (exact) mass is 490 g/mol. The van der Waals surface area contributed by atoms with E-state index in [2.05, 4.69) is 10.9 Å². The lowest BCUT2D eigenvalue weighted by Crippen LogP contribution is -2.45. The van der Waals surface area contributed by atoms with E-state index >= 15 is 0 Å². The molecule has 0 bridgehead atoms. The van der Waals surface area contributed by atoms with Gasteiger partial charge in [0.1, 0.15) is 5.75 Å². The zero-order valence-electron chi connectivity index (χ0n) is 19.8. The minimum atomic E-state index is -3.75. The lowest BCUT2D eigenvalue weighted by Gasteiger charge is -2.30. The molecule has 10 nitrogen and oxygen atoms in total. The van der Waals surface area contributed by atoms with E-state index in [0.717, 1.165) is 15.4 Å². The first-order valence-corrected chi connectivity index (χ1v) is 12.2. The van der Waals surface area contributed by atoms with Crippen molar-refractivity contribution < 1.29 is 27.5 Å². The molecule has 1 aliphatic heterocycles. The van der Waals surface area contributed by atoms with Crippen molar-refractivity contribution in [1.82, 2.24) is 15.2 Å². The normalized spacial score (nSPS) is 14.1. The summed E-state index contributed by atoms with van der Waals surface area (Å²) in [7, 11) is -0.920. The summed E-state index contributed by atoms with van der Waals surface area (Å²) in [5, 5.41) is 0. The molecule has 2 N–H and O–H groups in total. The third-order valence-electron chi connectivity index (χ3n) is 5.51. The SMILES string of the molecule is Cc1ccc(OCC(=O)NNC(=O)c2cc(S(=O)(=O)N(C)C)ccc2N2CCOCC2)cc1C. The van der Waals surface area contributed by atoms with Crippen molar-refractivity contribution in [3.8, 4) is 5.75 Å². The van der Waals surface area contributed by atoms with Crippen LogP contribution in [-0.4, -0.2) is 71.5 Å². The quantitative estimate of drug-likeness (QED) is 0.561. The van der Waals surface area contributed by atoms with E-state index < -0.39 is 21.8 Å². The molecule has 1 heterocycles. The van der Waals surface area contributed by atoms with Gasteiger partial charge in [0, 0.05) is 32.9 Å². The lowest BCUT2D eigenvalue weighted by molar-refractivity contribution is -0.123. The number of carbonyl (C=O) groups is 2. The predicted molar refractivity (Wildman–Crippen MR) is 127 cm³/mol. The average molecular weight is 491 g/mol. The molecule has 1 fully saturated rings. The van der Waals surface area contributed by atoms with Crippen LogP contribution in [0.1, 0.15) is 21.5 Å². The first-order chi connectivity index (χ1) is 16.1. The first kappa shape index (κ1) is 25.5. The van der Waals surface area contributed by atoms with Crippen LogP contribution in [0.4, 0.5) is 5.69 Å². The molecule has 3 rings (SSSR count). The number of hydrazine groups is 1. The Labute approximate surface area is 199 Å². The molecular formula is C23H30N4O6S. The Morgan fingerprint density at radius 3 is 2.38 bits per heavy atom. The number of aryl methyl sites for hydroxylation is 2. The summed E-state index contributed by atoms with van der Waals surface area (Å²) >= 11 is 0. The number of anilines is 1. The summed E-state index contributed by atoms with van der Waals surface area (Å²) in [4.78, 5) is 27.1. The van der Waals surface area contributed by atoms with Crippen molar-refractivity contribution in [3.63, 3.8) is 0 Å². The van der Waals surface area contributed by atoms with Crippen LogP contribution in [0.3, 0.4) is 0 Å². The molecule has 0 saturated carbocycles. The van der Waals surface area contributed by atoms with E-state index in [1.807, 2.05) is 30.9 Å². The number of nitrogens with one attached hydrogen (secondary N) is 2. The van der Waals surface area contributed by atoms with Crippen LogP contribution in [0.2, 0.25) is 0 Å². The average Bonchev–Trinajstić information content (AvgIpc) is 2.83. The minimum absolute atomic E-state index is 0.0240. The van der Waals surface area contributed by atoms with Gasteiger partial charge in [-0.15, -0.1) is 0 Å². The van der Waals surface area contributed by atoms with Gasteiger partial charge in [-0.3, -0.25) is 20.4 Å². The second-order valence-corrected chi connectivity index (χ2v) is 10.3. The molecule has 0 atom stereocenters. The van der Waals surface area contributed by atoms with Gasteiger partial charge in [0.15, 0.2) is 6.61 Å². The fraction of sp³-hybridized carbons (Fsp3) is 0.391. The molecule has 0 spiro atoms. The van der Waals surface area contributed by atoms with Crippen molar-refractivity contribution >= 4 is 27.5 Å². The maximum Gasteiger partial charge on any atom is 0.276 e. The van der Waals surface area contributed by atoms with E-state index in [1.165, 1.54) is 26.2 Å². The predicted octanol–water partition coefficient (Wildman–Crippen LogP) is 1.23. The molecule has 0 aromatic heterocycles. The number of morpholine rings is 1. The zero-order valence-corrected chi connectivity index (χ0v) is 20.6. The Hall–Kier alpha value is -3.15. The Balaban J connectivity index is 1.73. The Kier molecular flexibility index (Phi) is 8.13. The highest BCUT2D eigenvalue weighted by atomic mass is 32.2. The van der Waals surface area contributed by atoms with Crippen molar-refractivity contribution in [3.05, 3.63) is 53.1 Å². The van der Waals surface area contributed by atoms with Crippen LogP contribution in [0.5, 0.6) is 5.75 Å². The molecule has 1 saturated heterocycles. The van der Waals surface area contributed by atoms with E-state index in [4.69, 9.17) is 9.47 Å². The summed E-state index contributed by atoms with van der Waals surface area (Å²) in [6, 6.07) is 9.86.